The van der Waals surface area contributed by atoms with Crippen LogP contribution in [0.2, 0.25) is 0 Å². The number of epoxide rings is 1. The molecule has 26 heavy (non-hydrogen) atoms. The predicted octanol–water partition coefficient (Wildman–Crippen LogP) is 3.13. The third-order valence-corrected chi connectivity index (χ3v) is 5.74. The molecule has 0 bridgehead atoms. The molecule has 0 aromatic heterocycles. The molecule has 6 rings (SSSR count). The topological polar surface area (TPSA) is 57.3 Å². The average Bonchev–Trinajstić information content (AvgIpc) is 3.48. The zero-order valence-electron chi connectivity index (χ0n) is 14.1. The van der Waals surface area contributed by atoms with E-state index in [1.165, 1.54) is 0 Å². The summed E-state index contributed by atoms with van der Waals surface area (Å²) in [5.41, 5.74) is 0.611. The van der Waals surface area contributed by atoms with Crippen molar-refractivity contribution in [2.75, 3.05) is 7.11 Å². The molecule has 2 fully saturated rings. The molecule has 0 radical (unpaired) electrons. The highest BCUT2D eigenvalue weighted by atomic mass is 16.8. The van der Waals surface area contributed by atoms with Gasteiger partial charge in [-0.2, -0.15) is 0 Å². The SMILES string of the molecule is COC1=C2C(=O)C3OC3C3(Oc4cccc5cccc(c45)O3)[C@@H]2CC=C1. The fraction of sp³-hybridized carbons (Fsp3) is 0.286. The van der Waals surface area contributed by atoms with Gasteiger partial charge in [-0.3, -0.25) is 4.79 Å². The van der Waals surface area contributed by atoms with E-state index in [0.29, 0.717) is 17.8 Å². The highest BCUT2D eigenvalue weighted by Crippen LogP contribution is 2.56. The summed E-state index contributed by atoms with van der Waals surface area (Å²) in [5, 5.41) is 2.02. The number of carbonyl (C=O) groups is 1. The van der Waals surface area contributed by atoms with Crippen LogP contribution < -0.4 is 9.47 Å². The molecule has 0 amide bonds. The Kier molecular flexibility index (Phi) is 2.59. The van der Waals surface area contributed by atoms with E-state index in [2.05, 4.69) is 0 Å². The van der Waals surface area contributed by atoms with E-state index in [0.717, 1.165) is 22.3 Å². The highest BCUT2D eigenvalue weighted by Gasteiger charge is 2.72. The zero-order valence-corrected chi connectivity index (χ0v) is 14.1. The monoisotopic (exact) mass is 348 g/mol. The van der Waals surface area contributed by atoms with Crippen LogP contribution in [0, 0.1) is 5.92 Å². The number of rotatable bonds is 1. The van der Waals surface area contributed by atoms with Crippen LogP contribution in [0.25, 0.3) is 10.8 Å². The van der Waals surface area contributed by atoms with Gasteiger partial charge in [0.2, 0.25) is 0 Å². The largest absolute Gasteiger partial charge is 0.496 e. The molecule has 2 unspecified atom stereocenters. The van der Waals surface area contributed by atoms with Gasteiger partial charge < -0.3 is 18.9 Å². The number of methoxy groups -OCH3 is 1. The van der Waals surface area contributed by atoms with Gasteiger partial charge in [0.25, 0.3) is 5.79 Å². The molecule has 2 aromatic carbocycles. The molecule has 3 atom stereocenters. The second kappa shape index (κ2) is 4.68. The van der Waals surface area contributed by atoms with Gasteiger partial charge in [0, 0.05) is 0 Å². The smallest absolute Gasteiger partial charge is 0.287 e. The fourth-order valence-corrected chi connectivity index (χ4v) is 4.56. The van der Waals surface area contributed by atoms with Crippen LogP contribution in [0.15, 0.2) is 59.9 Å². The van der Waals surface area contributed by atoms with Crippen molar-refractivity contribution in [1.82, 2.24) is 0 Å². The standard InChI is InChI=1S/C21H16O5/c1-23-13-8-4-7-12-17(13)18(22)19-20(24-19)21(12)25-14-9-2-5-11-6-3-10-15(26-21)16(11)14/h2-6,8-10,12,19-20H,7H2,1H3/t12-,19?,20?/m1/s1. The van der Waals surface area contributed by atoms with Crippen molar-refractivity contribution >= 4 is 16.6 Å². The van der Waals surface area contributed by atoms with E-state index in [9.17, 15) is 4.79 Å². The lowest BCUT2D eigenvalue weighted by molar-refractivity contribution is -0.171. The summed E-state index contributed by atoms with van der Waals surface area (Å²) in [5.74, 6) is 0.759. The third-order valence-electron chi connectivity index (χ3n) is 5.74. The van der Waals surface area contributed by atoms with Crippen LogP contribution in [-0.2, 0) is 14.3 Å². The van der Waals surface area contributed by atoms with Crippen LogP contribution in [0.1, 0.15) is 6.42 Å². The summed E-state index contributed by atoms with van der Waals surface area (Å²) in [6.07, 6.45) is 3.55. The van der Waals surface area contributed by atoms with Crippen molar-refractivity contribution in [2.24, 2.45) is 5.92 Å². The quantitative estimate of drug-likeness (QED) is 0.741. The van der Waals surface area contributed by atoms with Crippen molar-refractivity contribution in [2.45, 2.75) is 24.4 Å². The first-order valence-corrected chi connectivity index (χ1v) is 8.77. The number of benzene rings is 2. The molecule has 2 heterocycles. The first-order chi connectivity index (χ1) is 12.7. The molecule has 5 nitrogen and oxygen atoms in total. The molecule has 2 aliphatic heterocycles. The lowest BCUT2D eigenvalue weighted by atomic mass is 9.73. The van der Waals surface area contributed by atoms with Crippen molar-refractivity contribution in [3.63, 3.8) is 0 Å². The Morgan fingerprint density at radius 2 is 1.85 bits per heavy atom. The van der Waals surface area contributed by atoms with Gasteiger partial charge in [-0.25, -0.2) is 0 Å². The normalized spacial score (nSPS) is 29.7. The Hall–Kier alpha value is -2.79. The molecular formula is C21H16O5. The summed E-state index contributed by atoms with van der Waals surface area (Å²) in [6, 6.07) is 11.9. The molecule has 5 heteroatoms. The summed E-state index contributed by atoms with van der Waals surface area (Å²) in [6.45, 7) is 0. The van der Waals surface area contributed by atoms with Gasteiger partial charge in [-0.1, -0.05) is 30.3 Å². The average molecular weight is 348 g/mol. The van der Waals surface area contributed by atoms with E-state index in [1.54, 1.807) is 7.11 Å². The first kappa shape index (κ1) is 14.4. The number of fused-ring (bicyclic) bond motifs is 4. The number of carbonyl (C=O) groups excluding carboxylic acids is 1. The van der Waals surface area contributed by atoms with Crippen molar-refractivity contribution in [3.8, 4) is 11.5 Å². The maximum Gasteiger partial charge on any atom is 0.287 e. The van der Waals surface area contributed by atoms with Gasteiger partial charge in [0.05, 0.1) is 24.0 Å². The number of Topliss-reactive ketones (excluding diaryl/α,β-unsaturated/α-hetero) is 1. The van der Waals surface area contributed by atoms with E-state index in [1.807, 2.05) is 48.6 Å². The van der Waals surface area contributed by atoms with Crippen LogP contribution in [0.3, 0.4) is 0 Å². The van der Waals surface area contributed by atoms with Crippen LogP contribution >= 0.6 is 0 Å². The van der Waals surface area contributed by atoms with E-state index >= 15 is 0 Å². The number of hydrogen-bond acceptors (Lipinski definition) is 5. The molecule has 1 saturated heterocycles. The van der Waals surface area contributed by atoms with Gasteiger partial charge in [0.15, 0.2) is 18.0 Å². The number of ether oxygens (including phenoxy) is 4. The molecule has 1 spiro atoms. The Morgan fingerprint density at radius 3 is 2.54 bits per heavy atom. The molecular weight excluding hydrogens is 332 g/mol. The second-order valence-corrected chi connectivity index (χ2v) is 7.05. The zero-order chi connectivity index (χ0) is 17.5. The van der Waals surface area contributed by atoms with Gasteiger partial charge in [-0.15, -0.1) is 0 Å². The van der Waals surface area contributed by atoms with E-state index < -0.39 is 18.0 Å². The molecule has 130 valence electrons. The van der Waals surface area contributed by atoms with Gasteiger partial charge >= 0.3 is 0 Å². The van der Waals surface area contributed by atoms with Crippen molar-refractivity contribution in [3.05, 3.63) is 59.9 Å². The first-order valence-electron chi connectivity index (χ1n) is 8.77. The number of hydrogen-bond donors (Lipinski definition) is 0. The summed E-state index contributed by atoms with van der Waals surface area (Å²) >= 11 is 0. The van der Waals surface area contributed by atoms with E-state index in [4.69, 9.17) is 18.9 Å². The van der Waals surface area contributed by atoms with Crippen LogP contribution in [0.5, 0.6) is 11.5 Å². The lowest BCUT2D eigenvalue weighted by Crippen LogP contribution is -2.60. The summed E-state index contributed by atoms with van der Waals surface area (Å²) in [7, 11) is 1.58. The van der Waals surface area contributed by atoms with Gasteiger partial charge in [0.1, 0.15) is 17.3 Å². The fourth-order valence-electron chi connectivity index (χ4n) is 4.56. The Morgan fingerprint density at radius 1 is 1.12 bits per heavy atom. The minimum atomic E-state index is -1.05. The summed E-state index contributed by atoms with van der Waals surface area (Å²) < 4.78 is 24.2. The predicted molar refractivity (Wildman–Crippen MR) is 92.9 cm³/mol. The number of allylic oxidation sites excluding steroid dienone is 2. The summed E-state index contributed by atoms with van der Waals surface area (Å²) in [4.78, 5) is 12.8. The molecule has 4 aliphatic rings. The maximum atomic E-state index is 12.8. The lowest BCUT2D eigenvalue weighted by Gasteiger charge is -2.45. The minimum Gasteiger partial charge on any atom is -0.496 e. The van der Waals surface area contributed by atoms with Crippen molar-refractivity contribution in [1.29, 1.82) is 0 Å². The Labute approximate surface area is 149 Å². The molecule has 1 saturated carbocycles. The second-order valence-electron chi connectivity index (χ2n) is 7.05. The molecule has 2 aliphatic carbocycles. The minimum absolute atomic E-state index is 0.0175. The molecule has 0 N–H and O–H groups in total. The van der Waals surface area contributed by atoms with Gasteiger partial charge in [-0.05, 0) is 30.0 Å². The van der Waals surface area contributed by atoms with Crippen LogP contribution in [-0.4, -0.2) is 30.9 Å². The Balaban J connectivity index is 1.56. The molecule has 2 aromatic rings. The van der Waals surface area contributed by atoms with E-state index in [-0.39, 0.29) is 11.7 Å². The maximum absolute atomic E-state index is 12.8. The number of ketones is 1. The third kappa shape index (κ3) is 1.62. The Bertz CT molecular complexity index is 993. The van der Waals surface area contributed by atoms with Crippen molar-refractivity contribution < 1.29 is 23.7 Å². The highest BCUT2D eigenvalue weighted by molar-refractivity contribution is 6.04. The van der Waals surface area contributed by atoms with Crippen LogP contribution in [0.4, 0.5) is 0 Å².